The van der Waals surface area contributed by atoms with Gasteiger partial charge in [0.1, 0.15) is 52.9 Å². The summed E-state index contributed by atoms with van der Waals surface area (Å²) < 4.78 is 29.0. The van der Waals surface area contributed by atoms with Crippen molar-refractivity contribution in [2.24, 2.45) is 5.92 Å². The van der Waals surface area contributed by atoms with Gasteiger partial charge in [0.15, 0.2) is 0 Å². The number of esters is 2. The molecule has 0 unspecified atom stereocenters. The van der Waals surface area contributed by atoms with Gasteiger partial charge in [-0.1, -0.05) is 42.3 Å². The second-order valence-corrected chi connectivity index (χ2v) is 13.8. The van der Waals surface area contributed by atoms with Crippen molar-refractivity contribution in [3.8, 4) is 5.75 Å². The van der Waals surface area contributed by atoms with Crippen LogP contribution in [0.25, 0.3) is 0 Å². The topological polar surface area (TPSA) is 165 Å². The van der Waals surface area contributed by atoms with E-state index in [0.717, 1.165) is 16.0 Å². The van der Waals surface area contributed by atoms with Crippen LogP contribution >= 0.6 is 11.6 Å². The summed E-state index contributed by atoms with van der Waals surface area (Å²) in [5.41, 5.74) is -0.692. The molecule has 3 aliphatic rings. The lowest BCUT2D eigenvalue weighted by molar-refractivity contribution is -0.187. The maximum atomic E-state index is 14.0. The van der Waals surface area contributed by atoms with Crippen molar-refractivity contribution in [2.75, 3.05) is 39.8 Å². The molecule has 0 aromatic heterocycles. The minimum atomic E-state index is -1.59. The number of carbonyl (C=O) groups excluding carboxylic acids is 4. The van der Waals surface area contributed by atoms with Gasteiger partial charge in [0.25, 0.3) is 0 Å². The summed E-state index contributed by atoms with van der Waals surface area (Å²) in [6, 6.07) is 2.47. The number of hydrogen-bond acceptors (Lipinski definition) is 11. The highest BCUT2D eigenvalue weighted by Crippen LogP contribution is 2.49. The summed E-state index contributed by atoms with van der Waals surface area (Å²) in [7, 11) is 5.85. The minimum absolute atomic E-state index is 0.0444. The van der Waals surface area contributed by atoms with Crippen molar-refractivity contribution >= 4 is 41.0 Å². The van der Waals surface area contributed by atoms with Crippen LogP contribution in [-0.4, -0.2) is 115 Å². The maximum absolute atomic E-state index is 14.0. The molecule has 2 fully saturated rings. The maximum Gasteiger partial charge on any atom is 0.328 e. The van der Waals surface area contributed by atoms with Crippen LogP contribution < -0.4 is 9.64 Å². The standard InChI is InChI=1S/C35H47ClN2O11/c1-19-10-9-11-26(46-8)35(44)16-25(47-30(42)17-35)20(2)32-34(4,49-32)27(48-33(43)21(3)37(5)29(41)18-39)15-28(40)38(6)23-13-22(12-19)14-24(45-7)31(23)36/h9-11,13-14,20-21,25-27,32,39,44H,12,15-18H2,1-8H3/b11-9+,19-10+/t20-,21+,25+,26-,27+,32+,34+,35-/m1/s1. The van der Waals surface area contributed by atoms with E-state index in [1.165, 1.54) is 33.1 Å². The van der Waals surface area contributed by atoms with Crippen molar-refractivity contribution in [3.63, 3.8) is 0 Å². The number of allylic oxidation sites excluding steroid dienone is 3. The molecular formula is C35H47ClN2O11. The van der Waals surface area contributed by atoms with Crippen molar-refractivity contribution in [1.82, 2.24) is 4.90 Å². The number of rotatable bonds is 6. The Morgan fingerprint density at radius 1 is 1.24 bits per heavy atom. The number of methoxy groups -OCH3 is 2. The lowest BCUT2D eigenvalue weighted by Crippen LogP contribution is -2.53. The fraction of sp³-hybridized carbons (Fsp3) is 0.600. The number of aliphatic hydroxyl groups is 2. The lowest BCUT2D eigenvalue weighted by Gasteiger charge is -2.41. The van der Waals surface area contributed by atoms with E-state index in [-0.39, 0.29) is 24.3 Å². The molecule has 4 rings (SSSR count). The largest absolute Gasteiger partial charge is 0.495 e. The first-order valence-electron chi connectivity index (χ1n) is 16.2. The number of halogens is 1. The van der Waals surface area contributed by atoms with Gasteiger partial charge < -0.3 is 43.7 Å². The summed E-state index contributed by atoms with van der Waals surface area (Å²) in [5, 5.41) is 21.3. The van der Waals surface area contributed by atoms with E-state index in [4.69, 9.17) is 35.3 Å². The van der Waals surface area contributed by atoms with Crippen LogP contribution in [0.2, 0.25) is 5.02 Å². The van der Waals surface area contributed by atoms with Gasteiger partial charge in [0.2, 0.25) is 11.8 Å². The van der Waals surface area contributed by atoms with Crippen molar-refractivity contribution in [2.45, 2.75) is 95.0 Å². The number of benzene rings is 1. The number of nitrogens with zero attached hydrogens (tertiary/aromatic N) is 2. The molecule has 3 heterocycles. The second kappa shape index (κ2) is 15.2. The summed E-state index contributed by atoms with van der Waals surface area (Å²) in [6.45, 7) is 6.06. The normalized spacial score (nSPS) is 32.9. The molecule has 1 aromatic rings. The number of anilines is 1. The van der Waals surface area contributed by atoms with Gasteiger partial charge in [-0.25, -0.2) is 4.79 Å². The van der Waals surface area contributed by atoms with Gasteiger partial charge in [-0.05, 0) is 44.9 Å². The number of epoxide rings is 1. The zero-order valence-electron chi connectivity index (χ0n) is 29.2. The minimum Gasteiger partial charge on any atom is -0.495 e. The number of aliphatic hydroxyl groups excluding tert-OH is 1. The fourth-order valence-corrected chi connectivity index (χ4v) is 6.90. The highest BCUT2D eigenvalue weighted by Gasteiger charge is 2.64. The molecular weight excluding hydrogens is 660 g/mol. The number of fused-ring (bicyclic) bond motifs is 5. The first-order chi connectivity index (χ1) is 23.0. The predicted molar refractivity (Wildman–Crippen MR) is 179 cm³/mol. The van der Waals surface area contributed by atoms with E-state index in [9.17, 15) is 29.4 Å². The van der Waals surface area contributed by atoms with Crippen molar-refractivity contribution < 1.29 is 53.1 Å². The predicted octanol–water partition coefficient (Wildman–Crippen LogP) is 2.76. The molecule has 2 N–H and O–H groups in total. The summed E-state index contributed by atoms with van der Waals surface area (Å²) >= 11 is 6.71. The fourth-order valence-electron chi connectivity index (χ4n) is 6.58. The summed E-state index contributed by atoms with van der Waals surface area (Å²) in [4.78, 5) is 54.8. The summed E-state index contributed by atoms with van der Waals surface area (Å²) in [5.74, 6) is -2.71. The van der Waals surface area contributed by atoms with E-state index in [1.807, 2.05) is 13.0 Å². The Labute approximate surface area is 291 Å². The third-order valence-electron chi connectivity index (χ3n) is 9.92. The van der Waals surface area contributed by atoms with E-state index in [1.54, 1.807) is 45.2 Å². The van der Waals surface area contributed by atoms with Crippen LogP contribution in [0.4, 0.5) is 5.69 Å². The smallest absolute Gasteiger partial charge is 0.328 e. The van der Waals surface area contributed by atoms with Crippen LogP contribution in [-0.2, 0) is 44.5 Å². The van der Waals surface area contributed by atoms with Crippen molar-refractivity contribution in [3.05, 3.63) is 46.5 Å². The van der Waals surface area contributed by atoms with Gasteiger partial charge in [-0.3, -0.25) is 14.4 Å². The molecule has 49 heavy (non-hydrogen) atoms. The van der Waals surface area contributed by atoms with Crippen LogP contribution in [0, 0.1) is 5.92 Å². The molecule has 8 atom stereocenters. The third kappa shape index (κ3) is 8.12. The first kappa shape index (κ1) is 38.3. The number of hydrogen-bond donors (Lipinski definition) is 2. The Bertz CT molecular complexity index is 1510. The zero-order chi connectivity index (χ0) is 36.4. The van der Waals surface area contributed by atoms with Crippen LogP contribution in [0.1, 0.15) is 52.5 Å². The Morgan fingerprint density at radius 3 is 2.57 bits per heavy atom. The molecule has 14 heteroatoms. The van der Waals surface area contributed by atoms with E-state index in [2.05, 4.69) is 0 Å². The first-order valence-corrected chi connectivity index (χ1v) is 16.5. The third-order valence-corrected chi connectivity index (χ3v) is 10.3. The SMILES string of the molecule is COc1cc2cc(c1Cl)N(C)C(=O)C[C@H](OC(=O)[C@H](C)N(C)C(=O)CO)[C@]1(C)O[C@H]1[C@H](C)[C@@H]1C[C@@](O)(CC(=O)O1)[C@H](OC)/C=C/C=C(\C)C2. The van der Waals surface area contributed by atoms with Gasteiger partial charge in [0.05, 0.1) is 31.7 Å². The van der Waals surface area contributed by atoms with E-state index >= 15 is 0 Å². The molecule has 2 amide bonds. The zero-order valence-corrected chi connectivity index (χ0v) is 30.0. The van der Waals surface area contributed by atoms with Crippen LogP contribution in [0.15, 0.2) is 35.9 Å². The molecule has 0 saturated carbocycles. The number of likely N-dealkylation sites (N-methyl/N-ethyl adjacent to an activating group) is 1. The molecule has 0 radical (unpaired) electrons. The van der Waals surface area contributed by atoms with E-state index in [0.29, 0.717) is 17.9 Å². The lowest BCUT2D eigenvalue weighted by atomic mass is 9.78. The number of carbonyl (C=O) groups is 4. The quantitative estimate of drug-likeness (QED) is 0.330. The summed E-state index contributed by atoms with van der Waals surface area (Å²) in [6.07, 6.45) is 1.78. The van der Waals surface area contributed by atoms with Crippen LogP contribution in [0.5, 0.6) is 5.75 Å². The highest BCUT2D eigenvalue weighted by molar-refractivity contribution is 6.35. The van der Waals surface area contributed by atoms with E-state index < -0.39 is 77.9 Å². The Balaban J connectivity index is 1.79. The Morgan fingerprint density at radius 2 is 1.94 bits per heavy atom. The Hall–Kier alpha value is -3.49. The van der Waals surface area contributed by atoms with Gasteiger partial charge in [-0.2, -0.15) is 0 Å². The number of amides is 2. The molecule has 4 bridgehead atoms. The average Bonchev–Trinajstić information content (AvgIpc) is 3.76. The molecule has 1 aromatic carbocycles. The van der Waals surface area contributed by atoms with Crippen molar-refractivity contribution in [1.29, 1.82) is 0 Å². The molecule has 2 saturated heterocycles. The number of ether oxygens (including phenoxy) is 5. The molecule has 0 aliphatic carbocycles. The van der Waals surface area contributed by atoms with Gasteiger partial charge in [-0.15, -0.1) is 0 Å². The van der Waals surface area contributed by atoms with Gasteiger partial charge >= 0.3 is 11.9 Å². The van der Waals surface area contributed by atoms with Crippen LogP contribution in [0.3, 0.4) is 0 Å². The molecule has 0 spiro atoms. The average molecular weight is 707 g/mol. The monoisotopic (exact) mass is 706 g/mol. The molecule has 13 nitrogen and oxygen atoms in total. The second-order valence-electron chi connectivity index (χ2n) is 13.4. The Kier molecular flexibility index (Phi) is 11.9. The molecule has 270 valence electrons. The highest BCUT2D eigenvalue weighted by atomic mass is 35.5. The van der Waals surface area contributed by atoms with Gasteiger partial charge in [0, 0.05) is 33.5 Å². The molecule has 3 aliphatic heterocycles.